The fourth-order valence-corrected chi connectivity index (χ4v) is 11.0. The van der Waals surface area contributed by atoms with Gasteiger partial charge in [0.25, 0.3) is 0 Å². The second-order valence-corrected chi connectivity index (χ2v) is 26.6. The molecule has 1 aliphatic rings. The predicted octanol–water partition coefficient (Wildman–Crippen LogP) is 4.83. The maximum absolute atomic E-state index is 15.1. The summed E-state index contributed by atoms with van der Waals surface area (Å²) in [7, 11) is 10.6. The van der Waals surface area contributed by atoms with E-state index in [0.717, 1.165) is 0 Å². The molecular formula is C63H114N10O11. The number of carbonyl (C=O) groups excluding carboxylic acids is 10. The Hall–Kier alpha value is -5.44. The summed E-state index contributed by atoms with van der Waals surface area (Å²) in [5.74, 6) is -8.25. The van der Waals surface area contributed by atoms with Gasteiger partial charge in [-0.1, -0.05) is 116 Å². The molecule has 0 unspecified atom stereocenters. The van der Waals surface area contributed by atoms with Crippen LogP contribution in [0.1, 0.15) is 163 Å². The molecule has 0 aromatic heterocycles. The molecule has 0 aromatic carbocycles. The molecule has 21 nitrogen and oxygen atoms in total. The van der Waals surface area contributed by atoms with Crippen LogP contribution in [0.15, 0.2) is 12.2 Å². The molecule has 21 heteroatoms. The zero-order chi connectivity index (χ0) is 65.1. The van der Waals surface area contributed by atoms with Gasteiger partial charge in [0.2, 0.25) is 53.2 Å². The first kappa shape index (κ1) is 76.6. The van der Waals surface area contributed by atoms with E-state index in [-0.39, 0.29) is 68.9 Å². The highest BCUT2D eigenvalue weighted by Crippen LogP contribution is 2.26. The lowest BCUT2D eigenvalue weighted by molar-refractivity contribution is -0.157. The third kappa shape index (κ3) is 22.1. The van der Waals surface area contributed by atoms with Gasteiger partial charge in [-0.05, 0) is 101 Å². The smallest absolute Gasteiger partial charge is 0.246 e. The number of amides is 9. The molecule has 482 valence electrons. The van der Waals surface area contributed by atoms with Crippen molar-refractivity contribution in [1.82, 2.24) is 50.2 Å². The second kappa shape index (κ2) is 35.3. The summed E-state index contributed by atoms with van der Waals surface area (Å²) in [6.07, 6.45) is 3.69. The van der Waals surface area contributed by atoms with Crippen LogP contribution in [-0.2, 0) is 47.9 Å². The highest BCUT2D eigenvalue weighted by atomic mass is 16.3. The van der Waals surface area contributed by atoms with Crippen LogP contribution in [0.4, 0.5) is 0 Å². The Balaban J connectivity index is 4.26. The van der Waals surface area contributed by atoms with Crippen molar-refractivity contribution in [1.29, 1.82) is 0 Å². The summed E-state index contributed by atoms with van der Waals surface area (Å²) in [4.78, 5) is 156. The number of Topliss-reactive ketones (excluding diaryl/α,β-unsaturated/α-hetero) is 1. The molecule has 1 fully saturated rings. The average Bonchev–Trinajstić information content (AvgIpc) is 3.38. The lowest BCUT2D eigenvalue weighted by Gasteiger charge is -2.41. The van der Waals surface area contributed by atoms with E-state index in [1.807, 2.05) is 81.4 Å². The summed E-state index contributed by atoms with van der Waals surface area (Å²) in [5, 5.41) is 20.8. The summed E-state index contributed by atoms with van der Waals surface area (Å²) >= 11 is 0. The van der Waals surface area contributed by atoms with Crippen molar-refractivity contribution in [2.24, 2.45) is 47.3 Å². The number of hydrogen-bond acceptors (Lipinski definition) is 12. The Labute approximate surface area is 505 Å². The maximum atomic E-state index is 15.1. The van der Waals surface area contributed by atoms with E-state index in [4.69, 9.17) is 0 Å². The van der Waals surface area contributed by atoms with Crippen molar-refractivity contribution in [2.75, 3.05) is 62.4 Å². The number of ketones is 1. The number of hydrogen-bond donors (Lipinski definition) is 4. The number of carbonyl (C=O) groups is 10. The Bertz CT molecular complexity index is 2240. The fourth-order valence-electron chi connectivity index (χ4n) is 11.0. The number of aliphatic hydroxyl groups excluding tert-OH is 1. The molecule has 0 bridgehead atoms. The molecule has 9 amide bonds. The van der Waals surface area contributed by atoms with Crippen LogP contribution in [0.5, 0.6) is 0 Å². The van der Waals surface area contributed by atoms with Crippen LogP contribution < -0.4 is 16.0 Å². The molecule has 0 saturated carbocycles. The largest absolute Gasteiger partial charge is 0.390 e. The topological polar surface area (TPSA) is 250 Å². The first-order valence-corrected chi connectivity index (χ1v) is 30.8. The molecule has 1 saturated heterocycles. The van der Waals surface area contributed by atoms with E-state index < -0.39 is 143 Å². The van der Waals surface area contributed by atoms with Crippen molar-refractivity contribution in [3.05, 3.63) is 12.2 Å². The van der Waals surface area contributed by atoms with Gasteiger partial charge >= 0.3 is 0 Å². The Morgan fingerprint density at radius 2 is 0.964 bits per heavy atom. The Kier molecular flexibility index (Phi) is 32.1. The molecule has 1 heterocycles. The van der Waals surface area contributed by atoms with Gasteiger partial charge in [0, 0.05) is 67.2 Å². The number of nitrogens with zero attached hydrogens (tertiary/aromatic N) is 7. The van der Waals surface area contributed by atoms with Gasteiger partial charge < -0.3 is 50.5 Å². The third-order valence-electron chi connectivity index (χ3n) is 16.4. The van der Waals surface area contributed by atoms with E-state index >= 15 is 9.59 Å². The predicted molar refractivity (Wildman–Crippen MR) is 329 cm³/mol. The minimum atomic E-state index is -1.44. The van der Waals surface area contributed by atoms with Gasteiger partial charge in [0.05, 0.1) is 18.7 Å². The van der Waals surface area contributed by atoms with E-state index in [2.05, 4.69) is 16.0 Å². The summed E-state index contributed by atoms with van der Waals surface area (Å²) in [6, 6.07) is -9.67. The number of aliphatic hydroxyl groups is 1. The number of rotatable bonds is 15. The SMILES string of the molecule is C/C=C/C[C@@H](C)[C@@H](O)[C@H]1C(=O)N[C@@H](CC)CN(C)CC(=O)N(C)[C@@H](CC(C)C)C(=O)N[C@@H](C(C)C)C(=O)N(C)[C@@H](CC(C)C)C(=O)C[C@@H](C)C(=O)N[C@H](C)C(=O)N(C)[C@@H](CC(C)C)C(=O)N(C)[C@@H](CC(C)C)C(=O)N(C)[C@@H](C(C)C)C(=O)N1C. The molecule has 84 heavy (non-hydrogen) atoms. The van der Waals surface area contributed by atoms with Crippen LogP contribution in [0.2, 0.25) is 0 Å². The van der Waals surface area contributed by atoms with E-state index in [9.17, 15) is 43.5 Å². The van der Waals surface area contributed by atoms with Gasteiger partial charge in [-0.25, -0.2) is 0 Å². The standard InChI is InChI=1S/C63H114N10O11/c1-25-27-28-42(15)55(76)54-58(79)65-45(26-2)34-67(18)35-51(75)68(19)47(30-37(5)6)57(78)66-52(40(11)12)62(83)69(20)46(29-36(3)4)50(74)33-43(16)56(77)64-44(17)59(80)70(21)48(31-38(7)8)60(81)71(22)49(32-39(9)10)61(82)72(23)53(41(13)14)63(84)73(54)24/h25,27,36-49,52-55,76H,26,28-35H2,1-24H3,(H,64,77)(H,65,79)(H,66,78)/b27-25+/t42-,43-,44-,45+,46+,47+,48+,49+,52+,53+,54+,55-/m1/s1. The third-order valence-corrected chi connectivity index (χ3v) is 16.4. The van der Waals surface area contributed by atoms with Gasteiger partial charge in [-0.15, -0.1) is 0 Å². The summed E-state index contributed by atoms with van der Waals surface area (Å²) in [5.41, 5.74) is 0. The molecule has 0 radical (unpaired) electrons. The maximum Gasteiger partial charge on any atom is 0.246 e. The molecule has 1 rings (SSSR count). The van der Waals surface area contributed by atoms with E-state index in [0.29, 0.717) is 12.8 Å². The molecule has 0 spiro atoms. The van der Waals surface area contributed by atoms with Crippen LogP contribution in [-0.4, -0.2) is 221 Å². The van der Waals surface area contributed by atoms with Gasteiger partial charge in [0.15, 0.2) is 5.78 Å². The number of likely N-dealkylation sites (N-methyl/N-ethyl adjacent to an activating group) is 7. The first-order chi connectivity index (χ1) is 38.8. The summed E-state index contributed by atoms with van der Waals surface area (Å²) < 4.78 is 0. The molecular weight excluding hydrogens is 1070 g/mol. The van der Waals surface area contributed by atoms with Crippen molar-refractivity contribution in [3.63, 3.8) is 0 Å². The van der Waals surface area contributed by atoms with E-state index in [1.165, 1.54) is 78.6 Å². The molecule has 0 aliphatic carbocycles. The molecule has 1 aliphatic heterocycles. The molecule has 4 N–H and O–H groups in total. The monoisotopic (exact) mass is 1190 g/mol. The van der Waals surface area contributed by atoms with Crippen LogP contribution in [0, 0.1) is 47.3 Å². The lowest BCUT2D eigenvalue weighted by atomic mass is 9.91. The zero-order valence-corrected chi connectivity index (χ0v) is 56.1. The highest BCUT2D eigenvalue weighted by Gasteiger charge is 2.45. The van der Waals surface area contributed by atoms with Crippen molar-refractivity contribution >= 4 is 58.9 Å². The second-order valence-electron chi connectivity index (χ2n) is 26.6. The summed E-state index contributed by atoms with van der Waals surface area (Å²) in [6.45, 7) is 30.9. The van der Waals surface area contributed by atoms with Crippen LogP contribution in [0.3, 0.4) is 0 Å². The van der Waals surface area contributed by atoms with Crippen molar-refractivity contribution in [2.45, 2.75) is 223 Å². The zero-order valence-electron chi connectivity index (χ0n) is 56.1. The van der Waals surface area contributed by atoms with Crippen LogP contribution >= 0.6 is 0 Å². The number of nitrogens with one attached hydrogen (secondary N) is 3. The minimum Gasteiger partial charge on any atom is -0.390 e. The lowest BCUT2D eigenvalue weighted by Crippen LogP contribution is -2.63. The van der Waals surface area contributed by atoms with Gasteiger partial charge in [-0.2, -0.15) is 0 Å². The average molecular weight is 1190 g/mol. The van der Waals surface area contributed by atoms with Crippen molar-refractivity contribution < 1.29 is 53.1 Å². The van der Waals surface area contributed by atoms with Crippen LogP contribution in [0.25, 0.3) is 0 Å². The minimum absolute atomic E-state index is 0.0555. The first-order valence-electron chi connectivity index (χ1n) is 30.8. The van der Waals surface area contributed by atoms with Crippen molar-refractivity contribution in [3.8, 4) is 0 Å². The van der Waals surface area contributed by atoms with Gasteiger partial charge in [-0.3, -0.25) is 52.8 Å². The molecule has 0 aromatic rings. The Morgan fingerprint density at radius 1 is 0.512 bits per heavy atom. The highest BCUT2D eigenvalue weighted by molar-refractivity contribution is 5.98. The quantitative estimate of drug-likeness (QED) is 0.161. The molecule has 12 atom stereocenters. The number of allylic oxidation sites excluding steroid dienone is 2. The normalized spacial score (nSPS) is 27.4. The Morgan fingerprint density at radius 3 is 1.43 bits per heavy atom. The van der Waals surface area contributed by atoms with Gasteiger partial charge in [0.1, 0.15) is 42.3 Å². The fraction of sp³-hybridized carbons (Fsp3) is 0.810. The van der Waals surface area contributed by atoms with E-state index in [1.54, 1.807) is 53.5 Å².